The Balaban J connectivity index is 2.24. The van der Waals surface area contributed by atoms with Crippen LogP contribution >= 0.6 is 11.6 Å². The summed E-state index contributed by atoms with van der Waals surface area (Å²) in [7, 11) is 0. The van der Waals surface area contributed by atoms with Crippen molar-refractivity contribution in [3.8, 4) is 0 Å². The predicted octanol–water partition coefficient (Wildman–Crippen LogP) is 1.92. The number of amides is 1. The normalized spacial score (nSPS) is 15.2. The van der Waals surface area contributed by atoms with Crippen LogP contribution in [-0.4, -0.2) is 34.3 Å². The van der Waals surface area contributed by atoms with E-state index >= 15 is 0 Å². The second kappa shape index (κ2) is 5.57. The number of nitrogens with one attached hydrogen (secondary N) is 1. The summed E-state index contributed by atoms with van der Waals surface area (Å²) in [5.74, 6) is 0.188. The molecule has 2 rings (SSSR count). The Hall–Kier alpha value is -1.29. The molecule has 1 N–H and O–H groups in total. The fourth-order valence-electron chi connectivity index (χ4n) is 2.13. The lowest BCUT2D eigenvalue weighted by atomic mass is 9.91. The molecule has 1 fully saturated rings. The number of carbonyl (C=O) groups is 1. The molecule has 4 nitrogen and oxygen atoms in total. The fraction of sp³-hybridized carbons (Fsp3) is 0.538. The molecular weight excluding hydrogens is 252 g/mol. The number of pyridine rings is 1. The molecule has 1 aliphatic rings. The zero-order chi connectivity index (χ0) is 13.1. The summed E-state index contributed by atoms with van der Waals surface area (Å²) < 4.78 is 0. The van der Waals surface area contributed by atoms with Gasteiger partial charge in [0.25, 0.3) is 5.91 Å². The standard InChI is InChI=1S/C13H17ClN2O2/c1-9-7-12(17)11(8-15-9)13(18)16(6-5-14)10-3-2-4-10/h7-8,10H,2-6H2,1H3,(H,15,17). The molecule has 0 atom stereocenters. The van der Waals surface area contributed by atoms with E-state index in [4.69, 9.17) is 11.6 Å². The molecule has 1 aromatic heterocycles. The molecule has 0 spiro atoms. The van der Waals surface area contributed by atoms with Crippen LogP contribution in [0.5, 0.6) is 0 Å². The lowest BCUT2D eigenvalue weighted by Crippen LogP contribution is -2.46. The third-order valence-electron chi connectivity index (χ3n) is 3.39. The van der Waals surface area contributed by atoms with Crippen molar-refractivity contribution in [2.75, 3.05) is 12.4 Å². The molecule has 0 bridgehead atoms. The maximum absolute atomic E-state index is 12.3. The van der Waals surface area contributed by atoms with Gasteiger partial charge in [-0.25, -0.2) is 0 Å². The summed E-state index contributed by atoms with van der Waals surface area (Å²) >= 11 is 5.74. The Labute approximate surface area is 111 Å². The van der Waals surface area contributed by atoms with Gasteiger partial charge in [-0.15, -0.1) is 11.6 Å². The van der Waals surface area contributed by atoms with Crippen molar-refractivity contribution >= 4 is 17.5 Å². The predicted molar refractivity (Wildman–Crippen MR) is 71.2 cm³/mol. The monoisotopic (exact) mass is 268 g/mol. The Kier molecular flexibility index (Phi) is 4.07. The molecular formula is C13H17ClN2O2. The Bertz CT molecular complexity index is 494. The molecule has 0 radical (unpaired) electrons. The van der Waals surface area contributed by atoms with Crippen molar-refractivity contribution in [3.05, 3.63) is 33.7 Å². The van der Waals surface area contributed by atoms with Crippen LogP contribution in [0, 0.1) is 6.92 Å². The number of halogens is 1. The van der Waals surface area contributed by atoms with Gasteiger partial charge in [0.15, 0.2) is 5.43 Å². The molecule has 5 heteroatoms. The first-order valence-electron chi connectivity index (χ1n) is 6.19. The van der Waals surface area contributed by atoms with E-state index in [1.165, 1.54) is 12.3 Å². The van der Waals surface area contributed by atoms with Crippen LogP contribution in [0.2, 0.25) is 0 Å². The summed E-state index contributed by atoms with van der Waals surface area (Å²) in [6.45, 7) is 2.29. The maximum atomic E-state index is 12.3. The highest BCUT2D eigenvalue weighted by atomic mass is 35.5. The number of hydrogen-bond acceptors (Lipinski definition) is 2. The zero-order valence-corrected chi connectivity index (χ0v) is 11.2. The highest BCUT2D eigenvalue weighted by Crippen LogP contribution is 2.25. The van der Waals surface area contributed by atoms with Crippen molar-refractivity contribution in [2.24, 2.45) is 0 Å². The van der Waals surface area contributed by atoms with Crippen LogP contribution in [0.25, 0.3) is 0 Å². The first-order chi connectivity index (χ1) is 8.63. The van der Waals surface area contributed by atoms with E-state index < -0.39 is 0 Å². The third kappa shape index (κ3) is 2.58. The van der Waals surface area contributed by atoms with Gasteiger partial charge in [0.05, 0.1) is 0 Å². The van der Waals surface area contributed by atoms with E-state index in [0.717, 1.165) is 25.0 Å². The van der Waals surface area contributed by atoms with Gasteiger partial charge in [-0.1, -0.05) is 0 Å². The number of rotatable bonds is 4. The second-order valence-electron chi connectivity index (χ2n) is 4.67. The highest BCUT2D eigenvalue weighted by molar-refractivity contribution is 6.18. The third-order valence-corrected chi connectivity index (χ3v) is 3.56. The lowest BCUT2D eigenvalue weighted by molar-refractivity contribution is 0.0596. The van der Waals surface area contributed by atoms with E-state index in [2.05, 4.69) is 4.98 Å². The summed E-state index contributed by atoms with van der Waals surface area (Å²) in [5.41, 5.74) is 0.733. The van der Waals surface area contributed by atoms with Gasteiger partial charge in [0.1, 0.15) is 5.56 Å². The number of aryl methyl sites for hydroxylation is 1. The number of hydrogen-bond donors (Lipinski definition) is 1. The number of aromatic amines is 1. The average Bonchev–Trinajstić information content (AvgIpc) is 2.25. The molecule has 1 heterocycles. The first kappa shape index (κ1) is 13.1. The van der Waals surface area contributed by atoms with Crippen LogP contribution in [0.4, 0.5) is 0 Å². The Morgan fingerprint density at radius 3 is 2.78 bits per heavy atom. The molecule has 98 valence electrons. The van der Waals surface area contributed by atoms with Gasteiger partial charge in [-0.05, 0) is 26.2 Å². The smallest absolute Gasteiger partial charge is 0.259 e. The highest BCUT2D eigenvalue weighted by Gasteiger charge is 2.29. The average molecular weight is 269 g/mol. The van der Waals surface area contributed by atoms with Crippen LogP contribution in [0.15, 0.2) is 17.1 Å². The molecule has 0 aliphatic heterocycles. The number of aromatic nitrogens is 1. The Morgan fingerprint density at radius 2 is 2.28 bits per heavy atom. The lowest BCUT2D eigenvalue weighted by Gasteiger charge is -2.37. The van der Waals surface area contributed by atoms with Gasteiger partial charge in [-0.2, -0.15) is 0 Å². The topological polar surface area (TPSA) is 53.2 Å². The fourth-order valence-corrected chi connectivity index (χ4v) is 2.32. The number of nitrogens with zero attached hydrogens (tertiary/aromatic N) is 1. The molecule has 18 heavy (non-hydrogen) atoms. The second-order valence-corrected chi connectivity index (χ2v) is 5.04. The molecule has 0 saturated heterocycles. The van der Waals surface area contributed by atoms with Crippen molar-refractivity contribution in [3.63, 3.8) is 0 Å². The minimum absolute atomic E-state index is 0.206. The summed E-state index contributed by atoms with van der Waals surface area (Å²) in [6, 6.07) is 1.70. The van der Waals surface area contributed by atoms with Gasteiger partial charge >= 0.3 is 0 Å². The molecule has 1 aliphatic carbocycles. The van der Waals surface area contributed by atoms with Crippen molar-refractivity contribution < 1.29 is 4.79 Å². The molecule has 0 unspecified atom stereocenters. The summed E-state index contributed by atoms with van der Waals surface area (Å²) in [4.78, 5) is 28.8. The van der Waals surface area contributed by atoms with E-state index in [-0.39, 0.29) is 22.9 Å². The first-order valence-corrected chi connectivity index (χ1v) is 6.73. The molecule has 1 amide bonds. The molecule has 1 saturated carbocycles. The van der Waals surface area contributed by atoms with Crippen LogP contribution in [-0.2, 0) is 0 Å². The Morgan fingerprint density at radius 1 is 1.56 bits per heavy atom. The van der Waals surface area contributed by atoms with Gasteiger partial charge < -0.3 is 9.88 Å². The van der Waals surface area contributed by atoms with Crippen molar-refractivity contribution in [2.45, 2.75) is 32.2 Å². The van der Waals surface area contributed by atoms with Gasteiger partial charge in [0.2, 0.25) is 0 Å². The van der Waals surface area contributed by atoms with Crippen LogP contribution < -0.4 is 5.43 Å². The van der Waals surface area contributed by atoms with E-state index in [0.29, 0.717) is 12.4 Å². The summed E-state index contributed by atoms with van der Waals surface area (Å²) in [5, 5.41) is 0. The van der Waals surface area contributed by atoms with Crippen molar-refractivity contribution in [1.29, 1.82) is 0 Å². The van der Waals surface area contributed by atoms with Gasteiger partial charge in [-0.3, -0.25) is 9.59 Å². The SMILES string of the molecule is Cc1cc(=O)c(C(=O)N(CCCl)C2CCC2)c[nH]1. The largest absolute Gasteiger partial charge is 0.364 e. The van der Waals surface area contributed by atoms with Crippen molar-refractivity contribution in [1.82, 2.24) is 9.88 Å². The molecule has 1 aromatic rings. The minimum atomic E-state index is -0.227. The van der Waals surface area contributed by atoms with Crippen LogP contribution in [0.1, 0.15) is 35.3 Å². The van der Waals surface area contributed by atoms with Gasteiger partial charge in [0, 0.05) is 36.4 Å². The molecule has 0 aromatic carbocycles. The van der Waals surface area contributed by atoms with E-state index in [9.17, 15) is 9.59 Å². The number of H-pyrrole nitrogens is 1. The number of alkyl halides is 1. The number of carbonyl (C=O) groups excluding carboxylic acids is 1. The quantitative estimate of drug-likeness (QED) is 0.848. The zero-order valence-electron chi connectivity index (χ0n) is 10.4. The maximum Gasteiger partial charge on any atom is 0.259 e. The van der Waals surface area contributed by atoms with Crippen LogP contribution in [0.3, 0.4) is 0 Å². The van der Waals surface area contributed by atoms with E-state index in [1.807, 2.05) is 0 Å². The van der Waals surface area contributed by atoms with E-state index in [1.54, 1.807) is 11.8 Å². The summed E-state index contributed by atoms with van der Waals surface area (Å²) in [6.07, 6.45) is 4.65. The minimum Gasteiger partial charge on any atom is -0.364 e.